The lowest BCUT2D eigenvalue weighted by Gasteiger charge is -2.34. The molecule has 0 aromatic rings. The zero-order valence-corrected chi connectivity index (χ0v) is 10.5. The van der Waals surface area contributed by atoms with Crippen molar-refractivity contribution in [2.24, 2.45) is 11.8 Å². The highest BCUT2D eigenvalue weighted by atomic mass is 16.2. The maximum absolute atomic E-state index is 12.2. The van der Waals surface area contributed by atoms with Gasteiger partial charge in [-0.05, 0) is 45.1 Å². The van der Waals surface area contributed by atoms with Gasteiger partial charge in [0, 0.05) is 25.6 Å². The van der Waals surface area contributed by atoms with Crippen molar-refractivity contribution in [2.45, 2.75) is 45.1 Å². The number of carbonyl (C=O) groups excluding carboxylic acids is 1. The predicted molar refractivity (Wildman–Crippen MR) is 65.2 cm³/mol. The lowest BCUT2D eigenvalue weighted by atomic mass is 9.84. The van der Waals surface area contributed by atoms with Gasteiger partial charge >= 0.3 is 0 Å². The Hall–Kier alpha value is -0.570. The molecule has 1 aliphatic heterocycles. The molecular weight excluding hydrogens is 200 g/mol. The standard InChI is InChI=1S/C13H24N2O/c1-10-8-12(6-7-14-10)13(16)15(2)9-11-4-3-5-11/h10-12,14H,3-9H2,1-2H3. The molecule has 1 saturated carbocycles. The Balaban J connectivity index is 1.80. The van der Waals surface area contributed by atoms with E-state index in [2.05, 4.69) is 12.2 Å². The average Bonchev–Trinajstić information content (AvgIpc) is 2.22. The van der Waals surface area contributed by atoms with Crippen molar-refractivity contribution in [3.05, 3.63) is 0 Å². The van der Waals surface area contributed by atoms with Crippen molar-refractivity contribution < 1.29 is 4.79 Å². The SMILES string of the molecule is CC1CC(C(=O)N(C)CC2CCC2)CCN1. The zero-order chi connectivity index (χ0) is 11.5. The van der Waals surface area contributed by atoms with Gasteiger partial charge in [0.25, 0.3) is 0 Å². The Morgan fingerprint density at radius 1 is 1.38 bits per heavy atom. The minimum atomic E-state index is 0.265. The largest absolute Gasteiger partial charge is 0.345 e. The molecular formula is C13H24N2O. The van der Waals surface area contributed by atoms with Crippen LogP contribution in [-0.4, -0.2) is 37.0 Å². The van der Waals surface area contributed by atoms with Gasteiger partial charge in [0.1, 0.15) is 0 Å². The zero-order valence-electron chi connectivity index (χ0n) is 10.5. The second-order valence-corrected chi connectivity index (χ2v) is 5.59. The van der Waals surface area contributed by atoms with E-state index in [4.69, 9.17) is 0 Å². The van der Waals surface area contributed by atoms with Gasteiger partial charge in [-0.15, -0.1) is 0 Å². The number of nitrogens with zero attached hydrogens (tertiary/aromatic N) is 1. The highest BCUT2D eigenvalue weighted by molar-refractivity contribution is 5.78. The van der Waals surface area contributed by atoms with Crippen LogP contribution in [0.5, 0.6) is 0 Å². The average molecular weight is 224 g/mol. The number of amides is 1. The fourth-order valence-corrected chi connectivity index (χ4v) is 2.82. The van der Waals surface area contributed by atoms with Crippen LogP contribution in [0.25, 0.3) is 0 Å². The van der Waals surface area contributed by atoms with E-state index < -0.39 is 0 Å². The summed E-state index contributed by atoms with van der Waals surface area (Å²) in [6.07, 6.45) is 6.02. The van der Waals surface area contributed by atoms with Crippen LogP contribution in [0, 0.1) is 11.8 Å². The van der Waals surface area contributed by atoms with Gasteiger partial charge in [-0.1, -0.05) is 6.42 Å². The first-order chi connectivity index (χ1) is 7.66. The first-order valence-electron chi connectivity index (χ1n) is 6.65. The van der Waals surface area contributed by atoms with Crippen molar-refractivity contribution >= 4 is 5.91 Å². The first kappa shape index (κ1) is 11.9. The molecule has 92 valence electrons. The number of piperidine rings is 1. The van der Waals surface area contributed by atoms with Crippen molar-refractivity contribution in [2.75, 3.05) is 20.1 Å². The predicted octanol–water partition coefficient (Wildman–Crippen LogP) is 1.63. The van der Waals surface area contributed by atoms with E-state index in [9.17, 15) is 4.79 Å². The number of hydrogen-bond acceptors (Lipinski definition) is 2. The smallest absolute Gasteiger partial charge is 0.225 e. The molecule has 1 amide bonds. The van der Waals surface area contributed by atoms with Crippen LogP contribution in [0.3, 0.4) is 0 Å². The van der Waals surface area contributed by atoms with E-state index in [0.29, 0.717) is 11.9 Å². The van der Waals surface area contributed by atoms with E-state index in [1.165, 1.54) is 19.3 Å². The van der Waals surface area contributed by atoms with Gasteiger partial charge in [0.2, 0.25) is 5.91 Å². The topological polar surface area (TPSA) is 32.3 Å². The van der Waals surface area contributed by atoms with E-state index >= 15 is 0 Å². The van der Waals surface area contributed by atoms with Gasteiger partial charge in [-0.3, -0.25) is 4.79 Å². The Morgan fingerprint density at radius 2 is 2.12 bits per heavy atom. The van der Waals surface area contributed by atoms with Gasteiger partial charge in [0.15, 0.2) is 0 Å². The van der Waals surface area contributed by atoms with Crippen LogP contribution in [0.4, 0.5) is 0 Å². The van der Waals surface area contributed by atoms with Gasteiger partial charge in [-0.25, -0.2) is 0 Å². The van der Waals surface area contributed by atoms with Crippen LogP contribution in [0.2, 0.25) is 0 Å². The minimum absolute atomic E-state index is 0.265. The molecule has 0 radical (unpaired) electrons. The summed E-state index contributed by atoms with van der Waals surface area (Å²) in [7, 11) is 1.98. The van der Waals surface area contributed by atoms with Gasteiger partial charge in [-0.2, -0.15) is 0 Å². The number of rotatable bonds is 3. The molecule has 2 fully saturated rings. The summed E-state index contributed by atoms with van der Waals surface area (Å²) in [5.41, 5.74) is 0. The van der Waals surface area contributed by atoms with Crippen molar-refractivity contribution in [1.82, 2.24) is 10.2 Å². The summed E-state index contributed by atoms with van der Waals surface area (Å²) in [4.78, 5) is 14.2. The Bertz CT molecular complexity index is 250. The van der Waals surface area contributed by atoms with Crippen LogP contribution < -0.4 is 5.32 Å². The maximum atomic E-state index is 12.2. The van der Waals surface area contributed by atoms with Crippen molar-refractivity contribution in [3.8, 4) is 0 Å². The van der Waals surface area contributed by atoms with Crippen LogP contribution in [-0.2, 0) is 4.79 Å². The molecule has 0 spiro atoms. The number of hydrogen-bond donors (Lipinski definition) is 1. The molecule has 1 heterocycles. The van der Waals surface area contributed by atoms with Crippen molar-refractivity contribution in [3.63, 3.8) is 0 Å². The van der Waals surface area contributed by atoms with Crippen LogP contribution in [0.1, 0.15) is 39.0 Å². The molecule has 1 saturated heterocycles. The molecule has 3 nitrogen and oxygen atoms in total. The van der Waals surface area contributed by atoms with Gasteiger partial charge < -0.3 is 10.2 Å². The first-order valence-corrected chi connectivity index (χ1v) is 6.65. The fourth-order valence-electron chi connectivity index (χ4n) is 2.82. The molecule has 0 bridgehead atoms. The molecule has 2 atom stereocenters. The summed E-state index contributed by atoms with van der Waals surface area (Å²) in [5.74, 6) is 1.43. The maximum Gasteiger partial charge on any atom is 0.225 e. The third kappa shape index (κ3) is 2.76. The molecule has 2 rings (SSSR count). The summed E-state index contributed by atoms with van der Waals surface area (Å²) in [6, 6.07) is 0.500. The van der Waals surface area contributed by atoms with Crippen LogP contribution >= 0.6 is 0 Å². The van der Waals surface area contributed by atoms with E-state index in [-0.39, 0.29) is 5.92 Å². The highest BCUT2D eigenvalue weighted by Crippen LogP contribution is 2.27. The molecule has 1 aliphatic carbocycles. The molecule has 2 aliphatic rings. The molecule has 0 aromatic carbocycles. The Kier molecular flexibility index (Phi) is 3.85. The normalized spacial score (nSPS) is 30.9. The number of carbonyl (C=O) groups is 1. The van der Waals surface area contributed by atoms with E-state index in [1.807, 2.05) is 11.9 Å². The fraction of sp³-hybridized carbons (Fsp3) is 0.923. The lowest BCUT2D eigenvalue weighted by molar-refractivity contribution is -0.136. The lowest BCUT2D eigenvalue weighted by Crippen LogP contribution is -2.44. The van der Waals surface area contributed by atoms with Gasteiger partial charge in [0.05, 0.1) is 0 Å². The number of nitrogens with one attached hydrogen (secondary N) is 1. The molecule has 3 heteroatoms. The summed E-state index contributed by atoms with van der Waals surface area (Å²) in [5, 5.41) is 3.40. The van der Waals surface area contributed by atoms with E-state index in [1.54, 1.807) is 0 Å². The summed E-state index contributed by atoms with van der Waals surface area (Å²) >= 11 is 0. The molecule has 1 N–H and O–H groups in total. The summed E-state index contributed by atoms with van der Waals surface area (Å²) < 4.78 is 0. The van der Waals surface area contributed by atoms with Crippen molar-refractivity contribution in [1.29, 1.82) is 0 Å². The quantitative estimate of drug-likeness (QED) is 0.790. The van der Waals surface area contributed by atoms with Crippen LogP contribution in [0.15, 0.2) is 0 Å². The molecule has 2 unspecified atom stereocenters. The second kappa shape index (κ2) is 5.17. The third-order valence-electron chi connectivity index (χ3n) is 4.11. The minimum Gasteiger partial charge on any atom is -0.345 e. The monoisotopic (exact) mass is 224 g/mol. The summed E-state index contributed by atoms with van der Waals surface area (Å²) in [6.45, 7) is 4.15. The molecule has 16 heavy (non-hydrogen) atoms. The van der Waals surface area contributed by atoms with E-state index in [0.717, 1.165) is 31.8 Å². The highest BCUT2D eigenvalue weighted by Gasteiger charge is 2.29. The Labute approximate surface area is 98.6 Å². The molecule has 0 aromatic heterocycles. The second-order valence-electron chi connectivity index (χ2n) is 5.59. The third-order valence-corrected chi connectivity index (χ3v) is 4.11. The Morgan fingerprint density at radius 3 is 2.69 bits per heavy atom.